The molecular formula is C23H30O2. The van der Waals surface area contributed by atoms with Gasteiger partial charge in [-0.1, -0.05) is 51.5 Å². The molecule has 0 aliphatic heterocycles. The Morgan fingerprint density at radius 3 is 1.76 bits per heavy atom. The Labute approximate surface area is 151 Å². The van der Waals surface area contributed by atoms with Crippen LogP contribution in [0.2, 0.25) is 0 Å². The second kappa shape index (κ2) is 6.09. The Morgan fingerprint density at radius 1 is 0.880 bits per heavy atom. The average Bonchev–Trinajstić information content (AvgIpc) is 2.53. The largest absolute Gasteiger partial charge is 0.508 e. The Hall–Kier alpha value is -1.96. The third kappa shape index (κ3) is 2.63. The predicted octanol–water partition coefficient (Wildman–Crippen LogP) is 5.85. The van der Waals surface area contributed by atoms with E-state index in [0.29, 0.717) is 17.4 Å². The molecule has 1 aliphatic rings. The van der Waals surface area contributed by atoms with Crippen molar-refractivity contribution in [2.45, 2.75) is 59.3 Å². The molecule has 0 radical (unpaired) electrons. The SMILES string of the molecule is Cc1cc(C2(c3ccc(O)c(C)c3)C(C)CCCC2(C)C)ccc1O. The van der Waals surface area contributed by atoms with Crippen LogP contribution in [0.25, 0.3) is 0 Å². The molecule has 1 saturated carbocycles. The van der Waals surface area contributed by atoms with Gasteiger partial charge in [-0.2, -0.15) is 0 Å². The molecule has 0 aromatic heterocycles. The minimum atomic E-state index is -0.137. The van der Waals surface area contributed by atoms with Crippen LogP contribution in [-0.4, -0.2) is 10.2 Å². The highest BCUT2D eigenvalue weighted by Crippen LogP contribution is 2.59. The number of aromatic hydroxyl groups is 2. The maximum Gasteiger partial charge on any atom is 0.118 e. The minimum Gasteiger partial charge on any atom is -0.508 e. The lowest BCUT2D eigenvalue weighted by Crippen LogP contribution is -2.50. The zero-order valence-electron chi connectivity index (χ0n) is 16.1. The van der Waals surface area contributed by atoms with Crippen LogP contribution in [0.15, 0.2) is 36.4 Å². The van der Waals surface area contributed by atoms with Crippen LogP contribution in [0.1, 0.15) is 62.3 Å². The van der Waals surface area contributed by atoms with E-state index in [1.165, 1.54) is 24.0 Å². The van der Waals surface area contributed by atoms with Crippen molar-refractivity contribution in [3.8, 4) is 11.5 Å². The molecule has 0 saturated heterocycles. The zero-order chi connectivity index (χ0) is 18.4. The van der Waals surface area contributed by atoms with Gasteiger partial charge in [0.15, 0.2) is 0 Å². The Morgan fingerprint density at radius 2 is 1.36 bits per heavy atom. The molecule has 1 aliphatic carbocycles. The molecule has 0 heterocycles. The van der Waals surface area contributed by atoms with E-state index in [4.69, 9.17) is 0 Å². The molecule has 2 aromatic carbocycles. The van der Waals surface area contributed by atoms with Gasteiger partial charge >= 0.3 is 0 Å². The summed E-state index contributed by atoms with van der Waals surface area (Å²) in [6, 6.07) is 12.2. The molecule has 2 heteroatoms. The van der Waals surface area contributed by atoms with Gasteiger partial charge in [0.05, 0.1) is 0 Å². The molecule has 134 valence electrons. The lowest BCUT2D eigenvalue weighted by molar-refractivity contribution is 0.0741. The highest BCUT2D eigenvalue weighted by atomic mass is 16.3. The number of phenolic OH excluding ortho intramolecular Hbond substituents is 2. The predicted molar refractivity (Wildman–Crippen MR) is 103 cm³/mol. The lowest BCUT2D eigenvalue weighted by atomic mass is 9.48. The van der Waals surface area contributed by atoms with E-state index in [9.17, 15) is 10.2 Å². The van der Waals surface area contributed by atoms with E-state index in [-0.39, 0.29) is 10.8 Å². The number of hydrogen-bond acceptors (Lipinski definition) is 2. The van der Waals surface area contributed by atoms with Gasteiger partial charge < -0.3 is 10.2 Å². The topological polar surface area (TPSA) is 40.5 Å². The molecule has 3 rings (SSSR count). The van der Waals surface area contributed by atoms with Crippen molar-refractivity contribution in [1.29, 1.82) is 0 Å². The van der Waals surface area contributed by atoms with Gasteiger partial charge in [-0.25, -0.2) is 0 Å². The van der Waals surface area contributed by atoms with Crippen LogP contribution in [0.5, 0.6) is 11.5 Å². The molecule has 1 fully saturated rings. The summed E-state index contributed by atoms with van der Waals surface area (Å²) in [6.07, 6.45) is 3.59. The van der Waals surface area contributed by atoms with Crippen molar-refractivity contribution in [3.63, 3.8) is 0 Å². The number of phenols is 2. The molecule has 0 spiro atoms. The maximum atomic E-state index is 10.0. The third-order valence-electron chi connectivity index (χ3n) is 6.55. The first-order chi connectivity index (χ1) is 11.7. The Kier molecular flexibility index (Phi) is 4.35. The smallest absolute Gasteiger partial charge is 0.118 e. The fourth-order valence-corrected chi connectivity index (χ4v) is 5.25. The lowest BCUT2D eigenvalue weighted by Gasteiger charge is -2.55. The summed E-state index contributed by atoms with van der Waals surface area (Å²) in [5.74, 6) is 1.17. The molecule has 1 atom stereocenters. The maximum absolute atomic E-state index is 10.0. The first-order valence-corrected chi connectivity index (χ1v) is 9.30. The van der Waals surface area contributed by atoms with Crippen LogP contribution in [0, 0.1) is 25.2 Å². The summed E-state index contributed by atoms with van der Waals surface area (Å²) < 4.78 is 0. The highest BCUT2D eigenvalue weighted by molar-refractivity contribution is 5.50. The van der Waals surface area contributed by atoms with Gasteiger partial charge in [-0.15, -0.1) is 0 Å². The summed E-state index contributed by atoms with van der Waals surface area (Å²) in [5.41, 5.74) is 4.32. The van der Waals surface area contributed by atoms with Crippen molar-refractivity contribution in [3.05, 3.63) is 58.7 Å². The minimum absolute atomic E-state index is 0.0808. The van der Waals surface area contributed by atoms with Crippen molar-refractivity contribution in [2.24, 2.45) is 11.3 Å². The third-order valence-corrected chi connectivity index (χ3v) is 6.55. The number of benzene rings is 2. The molecule has 25 heavy (non-hydrogen) atoms. The summed E-state index contributed by atoms with van der Waals surface area (Å²) in [5, 5.41) is 20.1. The second-order valence-corrected chi connectivity index (χ2v) is 8.49. The summed E-state index contributed by atoms with van der Waals surface area (Å²) in [6.45, 7) is 11.0. The van der Waals surface area contributed by atoms with Gasteiger partial charge in [0.2, 0.25) is 0 Å². The van der Waals surface area contributed by atoms with Gasteiger partial charge in [0, 0.05) is 5.41 Å². The van der Waals surface area contributed by atoms with Crippen molar-refractivity contribution in [2.75, 3.05) is 0 Å². The molecular weight excluding hydrogens is 308 g/mol. The summed E-state index contributed by atoms with van der Waals surface area (Å²) in [7, 11) is 0. The first-order valence-electron chi connectivity index (χ1n) is 9.30. The number of hydrogen-bond donors (Lipinski definition) is 2. The standard InChI is InChI=1S/C23H30O2/c1-15-13-18(8-10-20(15)24)23(17(3)7-6-12-22(23,4)5)19-9-11-21(25)16(2)14-19/h8-11,13-14,17,24-25H,6-7,12H2,1-5H3. The van der Waals surface area contributed by atoms with Crippen LogP contribution in [0.4, 0.5) is 0 Å². The first kappa shape index (κ1) is 17.8. The van der Waals surface area contributed by atoms with Gasteiger partial charge in [0.1, 0.15) is 11.5 Å². The Bertz CT molecular complexity index is 737. The molecule has 1 unspecified atom stereocenters. The highest BCUT2D eigenvalue weighted by Gasteiger charge is 2.53. The van der Waals surface area contributed by atoms with Gasteiger partial charge in [-0.3, -0.25) is 0 Å². The normalized spacial score (nSPS) is 21.9. The van der Waals surface area contributed by atoms with E-state index in [2.05, 4.69) is 45.0 Å². The summed E-state index contributed by atoms with van der Waals surface area (Å²) in [4.78, 5) is 0. The quantitative estimate of drug-likeness (QED) is 0.721. The molecule has 0 amide bonds. The molecule has 0 bridgehead atoms. The monoisotopic (exact) mass is 338 g/mol. The van der Waals surface area contributed by atoms with Crippen LogP contribution in [0.3, 0.4) is 0 Å². The van der Waals surface area contributed by atoms with Crippen molar-refractivity contribution < 1.29 is 10.2 Å². The second-order valence-electron chi connectivity index (χ2n) is 8.49. The van der Waals surface area contributed by atoms with Gasteiger partial charge in [-0.05, 0) is 72.4 Å². The van der Waals surface area contributed by atoms with Crippen molar-refractivity contribution in [1.82, 2.24) is 0 Å². The number of rotatable bonds is 2. The Balaban J connectivity index is 2.34. The van der Waals surface area contributed by atoms with Crippen LogP contribution >= 0.6 is 0 Å². The van der Waals surface area contributed by atoms with E-state index >= 15 is 0 Å². The van der Waals surface area contributed by atoms with E-state index in [1.807, 2.05) is 26.0 Å². The van der Waals surface area contributed by atoms with Gasteiger partial charge in [0.25, 0.3) is 0 Å². The fourth-order valence-electron chi connectivity index (χ4n) is 5.25. The molecule has 2 N–H and O–H groups in total. The summed E-state index contributed by atoms with van der Waals surface area (Å²) >= 11 is 0. The fraction of sp³-hybridized carbons (Fsp3) is 0.478. The molecule has 2 aromatic rings. The zero-order valence-corrected chi connectivity index (χ0v) is 16.1. The van der Waals surface area contributed by atoms with E-state index < -0.39 is 0 Å². The van der Waals surface area contributed by atoms with E-state index in [1.54, 1.807) is 0 Å². The van der Waals surface area contributed by atoms with Crippen molar-refractivity contribution >= 4 is 0 Å². The van der Waals surface area contributed by atoms with E-state index in [0.717, 1.165) is 17.5 Å². The van der Waals surface area contributed by atoms with Crippen LogP contribution < -0.4 is 0 Å². The molecule has 2 nitrogen and oxygen atoms in total. The average molecular weight is 338 g/mol. The number of aryl methyl sites for hydroxylation is 2. The van der Waals surface area contributed by atoms with Crippen LogP contribution in [-0.2, 0) is 5.41 Å².